The molecule has 1 heteroatoms. The van der Waals surface area contributed by atoms with Gasteiger partial charge in [-0.2, -0.15) is 0 Å². The van der Waals surface area contributed by atoms with E-state index in [9.17, 15) is 0 Å². The molecule has 0 amide bonds. The van der Waals surface area contributed by atoms with Crippen LogP contribution in [0.15, 0.2) is 29.4 Å². The Morgan fingerprint density at radius 3 is 2.82 bits per heavy atom. The van der Waals surface area contributed by atoms with Gasteiger partial charge < -0.3 is 0 Å². The second-order valence-electron chi connectivity index (χ2n) is 2.58. The molecule has 0 radical (unpaired) electrons. The van der Waals surface area contributed by atoms with Gasteiger partial charge in [0.15, 0.2) is 0 Å². The first-order valence-corrected chi connectivity index (χ1v) is 4.12. The summed E-state index contributed by atoms with van der Waals surface area (Å²) in [6.45, 7) is 7.73. The third-order valence-corrected chi connectivity index (χ3v) is 1.24. The molecule has 0 aliphatic rings. The Hall–Kier alpha value is -0.850. The van der Waals surface area contributed by atoms with Gasteiger partial charge in [-0.1, -0.05) is 32.4 Å². The molecule has 0 unspecified atom stereocenters. The predicted octanol–water partition coefficient (Wildman–Crippen LogP) is 3.34. The summed E-state index contributed by atoms with van der Waals surface area (Å²) in [7, 11) is 0. The SMILES string of the molecule is C=C(C)N=C/C=C\CCCC. The molecular formula is C10H17N. The molecule has 11 heavy (non-hydrogen) atoms. The van der Waals surface area contributed by atoms with Crippen molar-refractivity contribution in [3.63, 3.8) is 0 Å². The van der Waals surface area contributed by atoms with Crippen molar-refractivity contribution in [3.05, 3.63) is 24.4 Å². The van der Waals surface area contributed by atoms with Gasteiger partial charge in [0, 0.05) is 11.9 Å². The van der Waals surface area contributed by atoms with Crippen LogP contribution in [0.4, 0.5) is 0 Å². The van der Waals surface area contributed by atoms with Crippen LogP contribution in [0.3, 0.4) is 0 Å². The van der Waals surface area contributed by atoms with Crippen LogP contribution in [-0.4, -0.2) is 6.21 Å². The first-order valence-electron chi connectivity index (χ1n) is 4.12. The van der Waals surface area contributed by atoms with E-state index >= 15 is 0 Å². The van der Waals surface area contributed by atoms with Crippen molar-refractivity contribution in [1.29, 1.82) is 0 Å². The number of nitrogens with zero attached hydrogens (tertiary/aromatic N) is 1. The summed E-state index contributed by atoms with van der Waals surface area (Å²) < 4.78 is 0. The molecule has 0 saturated heterocycles. The maximum atomic E-state index is 4.02. The lowest BCUT2D eigenvalue weighted by molar-refractivity contribution is 0.815. The summed E-state index contributed by atoms with van der Waals surface area (Å²) in [6, 6.07) is 0. The van der Waals surface area contributed by atoms with Crippen molar-refractivity contribution < 1.29 is 0 Å². The molecular weight excluding hydrogens is 134 g/mol. The van der Waals surface area contributed by atoms with Gasteiger partial charge in [-0.3, -0.25) is 4.99 Å². The lowest BCUT2D eigenvalue weighted by Crippen LogP contribution is -1.69. The number of hydrogen-bond acceptors (Lipinski definition) is 1. The molecule has 0 spiro atoms. The Bertz CT molecular complexity index is 154. The highest BCUT2D eigenvalue weighted by Crippen LogP contribution is 1.94. The van der Waals surface area contributed by atoms with Crippen LogP contribution in [-0.2, 0) is 0 Å². The van der Waals surface area contributed by atoms with Crippen molar-refractivity contribution in [3.8, 4) is 0 Å². The summed E-state index contributed by atoms with van der Waals surface area (Å²) in [6.07, 6.45) is 9.57. The highest BCUT2D eigenvalue weighted by Gasteiger charge is 1.75. The molecule has 0 aromatic rings. The van der Waals surface area contributed by atoms with Gasteiger partial charge in [0.1, 0.15) is 0 Å². The normalized spacial score (nSPS) is 11.5. The van der Waals surface area contributed by atoms with E-state index in [1.165, 1.54) is 12.8 Å². The number of allylic oxidation sites excluding steroid dienone is 3. The van der Waals surface area contributed by atoms with Gasteiger partial charge in [-0.15, -0.1) is 0 Å². The fourth-order valence-corrected chi connectivity index (χ4v) is 0.649. The highest BCUT2D eigenvalue weighted by atomic mass is 14.7. The van der Waals surface area contributed by atoms with Crippen LogP contribution < -0.4 is 0 Å². The zero-order valence-electron chi connectivity index (χ0n) is 7.51. The summed E-state index contributed by atoms with van der Waals surface area (Å²) >= 11 is 0. The Morgan fingerprint density at radius 1 is 1.55 bits per heavy atom. The van der Waals surface area contributed by atoms with E-state index in [-0.39, 0.29) is 0 Å². The monoisotopic (exact) mass is 151 g/mol. The molecule has 0 rings (SSSR count). The third kappa shape index (κ3) is 9.15. The van der Waals surface area contributed by atoms with Crippen LogP contribution in [0.25, 0.3) is 0 Å². The maximum absolute atomic E-state index is 4.02. The molecule has 0 saturated carbocycles. The quantitative estimate of drug-likeness (QED) is 0.422. The highest BCUT2D eigenvalue weighted by molar-refractivity contribution is 5.71. The van der Waals surface area contributed by atoms with Gasteiger partial charge in [0.2, 0.25) is 0 Å². The Kier molecular flexibility index (Phi) is 6.70. The van der Waals surface area contributed by atoms with Crippen molar-refractivity contribution >= 4 is 6.21 Å². The second kappa shape index (κ2) is 7.26. The topological polar surface area (TPSA) is 12.4 Å². The van der Waals surface area contributed by atoms with Gasteiger partial charge in [0.05, 0.1) is 0 Å². The van der Waals surface area contributed by atoms with Crippen molar-refractivity contribution in [2.45, 2.75) is 33.1 Å². The number of aliphatic imine (C=N–C) groups is 1. The lowest BCUT2D eigenvalue weighted by Gasteiger charge is -1.85. The van der Waals surface area contributed by atoms with Crippen molar-refractivity contribution in [2.24, 2.45) is 4.99 Å². The van der Waals surface area contributed by atoms with Crippen LogP contribution in [0.2, 0.25) is 0 Å². The van der Waals surface area contributed by atoms with Crippen LogP contribution in [0.5, 0.6) is 0 Å². The van der Waals surface area contributed by atoms with Gasteiger partial charge in [0.25, 0.3) is 0 Å². The molecule has 0 fully saturated rings. The van der Waals surface area contributed by atoms with Crippen LogP contribution in [0, 0.1) is 0 Å². The average molecular weight is 151 g/mol. The average Bonchev–Trinajstić information content (AvgIpc) is 1.96. The lowest BCUT2D eigenvalue weighted by atomic mass is 10.2. The van der Waals surface area contributed by atoms with E-state index in [1.54, 1.807) is 6.21 Å². The third-order valence-electron chi connectivity index (χ3n) is 1.24. The molecule has 0 aliphatic carbocycles. The van der Waals surface area contributed by atoms with Crippen LogP contribution >= 0.6 is 0 Å². The van der Waals surface area contributed by atoms with E-state index in [4.69, 9.17) is 0 Å². The Balaban J connectivity index is 3.36. The fourth-order valence-electron chi connectivity index (χ4n) is 0.649. The standard InChI is InChI=1S/C10H17N/c1-4-5-6-7-8-9-11-10(2)3/h7-9H,2,4-6H2,1,3H3/b8-7-,11-9?. The zero-order valence-corrected chi connectivity index (χ0v) is 7.51. The largest absolute Gasteiger partial charge is 0.262 e. The van der Waals surface area contributed by atoms with Crippen molar-refractivity contribution in [1.82, 2.24) is 0 Å². The van der Waals surface area contributed by atoms with E-state index in [0.29, 0.717) is 0 Å². The summed E-state index contributed by atoms with van der Waals surface area (Å²) in [4.78, 5) is 4.02. The molecule has 0 atom stereocenters. The predicted molar refractivity (Wildman–Crippen MR) is 52.0 cm³/mol. The smallest absolute Gasteiger partial charge is 0.0300 e. The minimum absolute atomic E-state index is 0.852. The van der Waals surface area contributed by atoms with E-state index < -0.39 is 0 Å². The molecule has 62 valence electrons. The number of hydrogen-bond donors (Lipinski definition) is 0. The minimum Gasteiger partial charge on any atom is -0.262 e. The number of rotatable bonds is 5. The molecule has 0 aromatic carbocycles. The first-order chi connectivity index (χ1) is 5.27. The van der Waals surface area contributed by atoms with Gasteiger partial charge in [-0.25, -0.2) is 0 Å². The Labute approximate surface area is 69.5 Å². The van der Waals surface area contributed by atoms with Crippen LogP contribution in [0.1, 0.15) is 33.1 Å². The second-order valence-corrected chi connectivity index (χ2v) is 2.58. The molecule has 1 nitrogen and oxygen atoms in total. The summed E-state index contributed by atoms with van der Waals surface area (Å²) in [5.41, 5.74) is 0.852. The molecule has 0 N–H and O–H groups in total. The molecule has 0 aliphatic heterocycles. The van der Waals surface area contributed by atoms with Gasteiger partial charge in [-0.05, 0) is 19.4 Å². The minimum atomic E-state index is 0.852. The van der Waals surface area contributed by atoms with Gasteiger partial charge >= 0.3 is 0 Å². The van der Waals surface area contributed by atoms with E-state index in [0.717, 1.165) is 12.1 Å². The van der Waals surface area contributed by atoms with E-state index in [2.05, 4.69) is 24.6 Å². The van der Waals surface area contributed by atoms with E-state index in [1.807, 2.05) is 13.0 Å². The molecule has 0 bridgehead atoms. The number of unbranched alkanes of at least 4 members (excludes halogenated alkanes) is 2. The molecule has 0 heterocycles. The maximum Gasteiger partial charge on any atom is 0.0300 e. The Morgan fingerprint density at radius 2 is 2.27 bits per heavy atom. The summed E-state index contributed by atoms with van der Waals surface area (Å²) in [5, 5.41) is 0. The van der Waals surface area contributed by atoms with Crippen molar-refractivity contribution in [2.75, 3.05) is 0 Å². The zero-order chi connectivity index (χ0) is 8.53. The first kappa shape index (κ1) is 10.2. The summed E-state index contributed by atoms with van der Waals surface area (Å²) in [5.74, 6) is 0. The fraction of sp³-hybridized carbons (Fsp3) is 0.500. The molecule has 0 aromatic heterocycles.